The first-order chi connectivity index (χ1) is 11.7. The molecule has 3 rings (SSSR count). The summed E-state index contributed by atoms with van der Waals surface area (Å²) in [4.78, 5) is 12.4. The van der Waals surface area contributed by atoms with Crippen LogP contribution in [0.15, 0.2) is 64.8 Å². The van der Waals surface area contributed by atoms with Crippen molar-refractivity contribution in [2.75, 3.05) is 12.5 Å². The van der Waals surface area contributed by atoms with Crippen LogP contribution in [-0.4, -0.2) is 27.7 Å². The van der Waals surface area contributed by atoms with E-state index in [-0.39, 0.29) is 5.91 Å². The van der Waals surface area contributed by atoms with E-state index in [1.54, 1.807) is 31.4 Å². The summed E-state index contributed by atoms with van der Waals surface area (Å²) >= 11 is 6.43. The zero-order valence-corrected chi connectivity index (χ0v) is 14.4. The lowest BCUT2D eigenvalue weighted by Gasteiger charge is -2.17. The molecule has 2 aromatic carbocycles. The van der Waals surface area contributed by atoms with Gasteiger partial charge in [0.1, 0.15) is 5.75 Å². The van der Waals surface area contributed by atoms with Crippen LogP contribution < -0.4 is 10.2 Å². The molecule has 1 fully saturated rings. The SMILES string of the molecule is COc1ccc(N=NC2SC(=S)N(Nc3ccccc3)C2=O)cc1. The molecule has 1 aliphatic heterocycles. The van der Waals surface area contributed by atoms with Crippen molar-refractivity contribution in [1.82, 2.24) is 5.01 Å². The van der Waals surface area contributed by atoms with E-state index in [2.05, 4.69) is 15.7 Å². The number of nitrogens with zero attached hydrogens (tertiary/aromatic N) is 3. The summed E-state index contributed by atoms with van der Waals surface area (Å²) in [6.07, 6.45) is 0. The van der Waals surface area contributed by atoms with Gasteiger partial charge in [-0.25, -0.2) is 5.01 Å². The lowest BCUT2D eigenvalue weighted by molar-refractivity contribution is -0.125. The number of ether oxygens (including phenoxy) is 1. The normalized spacial score (nSPS) is 17.5. The molecule has 0 bridgehead atoms. The fraction of sp³-hybridized carbons (Fsp3) is 0.125. The third-order valence-electron chi connectivity index (χ3n) is 3.19. The van der Waals surface area contributed by atoms with Crippen LogP contribution in [-0.2, 0) is 4.79 Å². The van der Waals surface area contributed by atoms with E-state index in [4.69, 9.17) is 17.0 Å². The molecule has 2 aromatic rings. The Labute approximate surface area is 148 Å². The Kier molecular flexibility index (Phi) is 5.07. The Morgan fingerprint density at radius 3 is 2.54 bits per heavy atom. The smallest absolute Gasteiger partial charge is 0.284 e. The van der Waals surface area contributed by atoms with E-state index in [0.29, 0.717) is 10.0 Å². The molecule has 0 aromatic heterocycles. The number of rotatable bonds is 5. The zero-order chi connectivity index (χ0) is 16.9. The largest absolute Gasteiger partial charge is 0.497 e. The van der Waals surface area contributed by atoms with Crippen LogP contribution in [0.2, 0.25) is 0 Å². The van der Waals surface area contributed by atoms with E-state index in [9.17, 15) is 4.79 Å². The first kappa shape index (κ1) is 16.4. The van der Waals surface area contributed by atoms with Gasteiger partial charge in [0.25, 0.3) is 5.91 Å². The molecule has 0 radical (unpaired) electrons. The maximum atomic E-state index is 12.4. The molecule has 1 unspecified atom stereocenters. The molecule has 6 nitrogen and oxygen atoms in total. The average Bonchev–Trinajstić information content (AvgIpc) is 2.89. The van der Waals surface area contributed by atoms with Crippen LogP contribution >= 0.6 is 24.0 Å². The number of amides is 1. The second-order valence-corrected chi connectivity index (χ2v) is 6.52. The van der Waals surface area contributed by atoms with E-state index in [1.165, 1.54) is 16.8 Å². The maximum Gasteiger partial charge on any atom is 0.284 e. The van der Waals surface area contributed by atoms with Gasteiger partial charge in [0.2, 0.25) is 5.37 Å². The van der Waals surface area contributed by atoms with Gasteiger partial charge in [-0.15, -0.1) is 0 Å². The van der Waals surface area contributed by atoms with Gasteiger partial charge in [-0.1, -0.05) is 42.2 Å². The van der Waals surface area contributed by atoms with E-state index in [0.717, 1.165) is 11.4 Å². The van der Waals surface area contributed by atoms with Crippen molar-refractivity contribution >= 4 is 45.6 Å². The highest BCUT2D eigenvalue weighted by Gasteiger charge is 2.37. The highest BCUT2D eigenvalue weighted by Crippen LogP contribution is 2.30. The standard InChI is InChI=1S/C16H14N4O2S2/c1-22-13-9-7-11(8-10-13)17-18-14-15(21)20(16(23)24-14)19-12-5-3-2-4-6-12/h2-10,14,19H,1H3. The fourth-order valence-electron chi connectivity index (χ4n) is 1.98. The summed E-state index contributed by atoms with van der Waals surface area (Å²) in [5.74, 6) is 0.491. The van der Waals surface area contributed by atoms with Crippen LogP contribution in [0.25, 0.3) is 0 Å². The van der Waals surface area contributed by atoms with Crippen molar-refractivity contribution < 1.29 is 9.53 Å². The molecule has 0 saturated carbocycles. The Morgan fingerprint density at radius 2 is 1.88 bits per heavy atom. The number of methoxy groups -OCH3 is 1. The topological polar surface area (TPSA) is 66.3 Å². The van der Waals surface area contributed by atoms with Gasteiger partial charge in [0.05, 0.1) is 18.5 Å². The number of hydrogen-bond acceptors (Lipinski definition) is 7. The van der Waals surface area contributed by atoms with Crippen molar-refractivity contribution in [2.45, 2.75) is 5.37 Å². The van der Waals surface area contributed by atoms with Crippen molar-refractivity contribution in [3.05, 3.63) is 54.6 Å². The molecule has 24 heavy (non-hydrogen) atoms. The summed E-state index contributed by atoms with van der Waals surface area (Å²) < 4.78 is 5.51. The molecular weight excluding hydrogens is 344 g/mol. The summed E-state index contributed by atoms with van der Waals surface area (Å²) in [5.41, 5.74) is 4.41. The number of hydrazine groups is 1. The van der Waals surface area contributed by atoms with Gasteiger partial charge in [-0.05, 0) is 36.4 Å². The average molecular weight is 358 g/mol. The van der Waals surface area contributed by atoms with Gasteiger partial charge in [-0.2, -0.15) is 10.2 Å². The second kappa shape index (κ2) is 7.41. The van der Waals surface area contributed by atoms with E-state index >= 15 is 0 Å². The maximum absolute atomic E-state index is 12.4. The summed E-state index contributed by atoms with van der Waals surface area (Å²) in [6, 6.07) is 16.5. The predicted molar refractivity (Wildman–Crippen MR) is 98.4 cm³/mol. The van der Waals surface area contributed by atoms with Crippen molar-refractivity contribution in [2.24, 2.45) is 10.2 Å². The molecule has 0 aliphatic carbocycles. The van der Waals surface area contributed by atoms with Crippen molar-refractivity contribution in [1.29, 1.82) is 0 Å². The molecule has 8 heteroatoms. The molecule has 1 saturated heterocycles. The van der Waals surface area contributed by atoms with Crippen molar-refractivity contribution in [3.8, 4) is 5.75 Å². The van der Waals surface area contributed by atoms with Gasteiger partial charge >= 0.3 is 0 Å². The number of carbonyl (C=O) groups is 1. The summed E-state index contributed by atoms with van der Waals surface area (Å²) in [7, 11) is 1.60. The summed E-state index contributed by atoms with van der Waals surface area (Å²) in [6.45, 7) is 0. The molecule has 1 aliphatic rings. The number of azo groups is 1. The fourth-order valence-corrected chi connectivity index (χ4v) is 3.12. The number of thioether (sulfide) groups is 1. The minimum absolute atomic E-state index is 0.244. The van der Waals surface area contributed by atoms with Crippen molar-refractivity contribution in [3.63, 3.8) is 0 Å². The Balaban J connectivity index is 1.68. The molecule has 1 atom stereocenters. The number of carbonyl (C=O) groups excluding carboxylic acids is 1. The Bertz CT molecular complexity index is 765. The lowest BCUT2D eigenvalue weighted by Crippen LogP contribution is -2.35. The molecule has 1 amide bonds. The number of benzene rings is 2. The monoisotopic (exact) mass is 358 g/mol. The highest BCUT2D eigenvalue weighted by molar-refractivity contribution is 8.24. The van der Waals surface area contributed by atoms with E-state index in [1.807, 2.05) is 30.3 Å². The van der Waals surface area contributed by atoms with Crippen LogP contribution in [0.1, 0.15) is 0 Å². The van der Waals surface area contributed by atoms with Crippen LogP contribution in [0.5, 0.6) is 5.75 Å². The Morgan fingerprint density at radius 1 is 1.17 bits per heavy atom. The third kappa shape index (κ3) is 3.72. The van der Waals surface area contributed by atoms with E-state index < -0.39 is 5.37 Å². The van der Waals surface area contributed by atoms with Gasteiger partial charge in [-0.3, -0.25) is 10.2 Å². The van der Waals surface area contributed by atoms with Gasteiger partial charge in [0, 0.05) is 0 Å². The number of anilines is 1. The van der Waals surface area contributed by atoms with Gasteiger partial charge < -0.3 is 4.74 Å². The van der Waals surface area contributed by atoms with Crippen LogP contribution in [0.4, 0.5) is 11.4 Å². The van der Waals surface area contributed by atoms with Gasteiger partial charge in [0.15, 0.2) is 4.32 Å². The minimum Gasteiger partial charge on any atom is -0.497 e. The first-order valence-electron chi connectivity index (χ1n) is 7.08. The number of thiocarbonyl (C=S) groups is 1. The minimum atomic E-state index is -0.684. The first-order valence-corrected chi connectivity index (χ1v) is 8.37. The third-order valence-corrected chi connectivity index (χ3v) is 4.57. The quantitative estimate of drug-likeness (QED) is 0.646. The number of para-hydroxylation sites is 1. The number of nitrogens with one attached hydrogen (secondary N) is 1. The molecule has 1 heterocycles. The zero-order valence-electron chi connectivity index (χ0n) is 12.7. The molecule has 122 valence electrons. The second-order valence-electron chi connectivity index (χ2n) is 4.80. The molecule has 0 spiro atoms. The van der Waals surface area contributed by atoms with Crippen LogP contribution in [0.3, 0.4) is 0 Å². The highest BCUT2D eigenvalue weighted by atomic mass is 32.2. The molecule has 1 N–H and O–H groups in total. The molecular formula is C16H14N4O2S2. The van der Waals surface area contributed by atoms with Crippen LogP contribution in [0, 0.1) is 0 Å². The summed E-state index contributed by atoms with van der Waals surface area (Å²) in [5, 5.41) is 8.85. The predicted octanol–water partition coefficient (Wildman–Crippen LogP) is 3.99. The Hall–Kier alpha value is -2.45. The lowest BCUT2D eigenvalue weighted by atomic mass is 10.3. The number of hydrogen-bond donors (Lipinski definition) is 1.